The van der Waals surface area contributed by atoms with Gasteiger partial charge in [0.2, 0.25) is 5.91 Å². The van der Waals surface area contributed by atoms with Crippen LogP contribution in [0.3, 0.4) is 0 Å². The Morgan fingerprint density at radius 3 is 2.44 bits per heavy atom. The van der Waals surface area contributed by atoms with Crippen LogP contribution in [0.5, 0.6) is 5.75 Å². The lowest BCUT2D eigenvalue weighted by atomic mass is 9.82. The van der Waals surface area contributed by atoms with Crippen LogP contribution in [-0.2, 0) is 26.5 Å². The number of methoxy groups -OCH3 is 1. The van der Waals surface area contributed by atoms with Crippen LogP contribution in [0.1, 0.15) is 30.0 Å². The summed E-state index contributed by atoms with van der Waals surface area (Å²) in [4.78, 5) is 31.7. The molecule has 3 aromatic rings. The molecule has 0 radical (unpaired) electrons. The summed E-state index contributed by atoms with van der Waals surface area (Å²) in [6, 6.07) is 22.1. The molecule has 2 aliphatic rings. The number of aryl methyl sites for hydroxylation is 1. The molecule has 7 nitrogen and oxygen atoms in total. The van der Waals surface area contributed by atoms with E-state index in [2.05, 4.69) is 54.1 Å². The van der Waals surface area contributed by atoms with Crippen molar-refractivity contribution in [3.8, 4) is 5.75 Å². The van der Waals surface area contributed by atoms with Gasteiger partial charge in [-0.3, -0.25) is 9.59 Å². The lowest BCUT2D eigenvalue weighted by molar-refractivity contribution is -0.149. The maximum absolute atomic E-state index is 14.3. The predicted octanol–water partition coefficient (Wildman–Crippen LogP) is 5.37. The summed E-state index contributed by atoms with van der Waals surface area (Å²) in [5.41, 5.74) is 2.45. The number of aliphatic hydroxyl groups excluding tert-OH is 1. The average Bonchev–Trinajstić information content (AvgIpc) is 3.39. The summed E-state index contributed by atoms with van der Waals surface area (Å²) >= 11 is 3.71. The first kappa shape index (κ1) is 31.4. The molecule has 0 aromatic heterocycles. The lowest BCUT2D eigenvalue weighted by Gasteiger charge is -2.37. The Hall–Kier alpha value is -2.98. The quantitative estimate of drug-likeness (QED) is 0.311. The normalized spacial score (nSPS) is 23.1. The lowest BCUT2D eigenvalue weighted by Crippen LogP contribution is -2.52. The van der Waals surface area contributed by atoms with Crippen LogP contribution in [0.25, 0.3) is 0 Å². The molecule has 1 N–H and O–H groups in total. The summed E-state index contributed by atoms with van der Waals surface area (Å²) < 4.78 is 13.3. The first-order valence-corrected chi connectivity index (χ1v) is 18.7. The molecule has 1 spiro atoms. The van der Waals surface area contributed by atoms with Crippen LogP contribution in [0.2, 0.25) is 18.6 Å². The highest BCUT2D eigenvalue weighted by Gasteiger charge is 2.66. The van der Waals surface area contributed by atoms with Crippen LogP contribution in [0.4, 0.5) is 5.69 Å². The molecular weight excluding hydrogens is 624 g/mol. The highest BCUT2D eigenvalue weighted by Crippen LogP contribution is 2.60. The number of aliphatic hydroxyl groups is 1. The molecule has 2 aliphatic heterocycles. The zero-order chi connectivity index (χ0) is 31.1. The average molecular weight is 666 g/mol. The van der Waals surface area contributed by atoms with Crippen molar-refractivity contribution in [3.63, 3.8) is 0 Å². The number of fused-ring (bicyclic) bond motifs is 2. The summed E-state index contributed by atoms with van der Waals surface area (Å²) in [7, 11) is 1.08. The third-order valence-electron chi connectivity index (χ3n) is 9.47. The minimum Gasteiger partial charge on any atom is -0.497 e. The standard InChI is InChI=1S/C34H41BrN2O5Si/c1-22-18-27-31(28(35)19-22)36(3)33(40)34(27)23(2)32(43(5,6)26-14-12-25(41-4)13-15-26)29(42-34)20-30(39)37(16-17-38)21-24-10-8-7-9-11-24/h7-15,18-19,23,29,32,38H,16-17,20-21H2,1-6H3/t23-,29+,32-,34+/m0/s1. The summed E-state index contributed by atoms with van der Waals surface area (Å²) in [5.74, 6) is 0.396. The number of nitrogens with zero attached hydrogens (tertiary/aromatic N) is 2. The maximum Gasteiger partial charge on any atom is 0.264 e. The molecular formula is C34H41BrN2O5Si. The van der Waals surface area contributed by atoms with Gasteiger partial charge in [-0.2, -0.15) is 0 Å². The largest absolute Gasteiger partial charge is 0.497 e. The van der Waals surface area contributed by atoms with Crippen molar-refractivity contribution in [2.75, 3.05) is 32.2 Å². The molecule has 1 saturated heterocycles. The molecule has 2 amide bonds. The van der Waals surface area contributed by atoms with Gasteiger partial charge in [0, 0.05) is 36.1 Å². The van der Waals surface area contributed by atoms with E-state index >= 15 is 0 Å². The van der Waals surface area contributed by atoms with Crippen molar-refractivity contribution in [2.24, 2.45) is 5.92 Å². The Balaban J connectivity index is 1.58. The number of anilines is 1. The number of hydrogen-bond acceptors (Lipinski definition) is 5. The van der Waals surface area contributed by atoms with E-state index in [-0.39, 0.29) is 42.8 Å². The number of carbonyl (C=O) groups excluding carboxylic acids is 2. The smallest absolute Gasteiger partial charge is 0.264 e. The summed E-state index contributed by atoms with van der Waals surface area (Å²) in [6.07, 6.45) is -0.374. The molecule has 3 aromatic carbocycles. The molecule has 43 heavy (non-hydrogen) atoms. The Labute approximate surface area is 263 Å². The fourth-order valence-corrected chi connectivity index (χ4v) is 12.2. The fourth-order valence-electron chi connectivity index (χ4n) is 7.36. The highest BCUT2D eigenvalue weighted by atomic mass is 79.9. The zero-order valence-corrected chi connectivity index (χ0v) is 28.3. The van der Waals surface area contributed by atoms with Crippen molar-refractivity contribution in [2.45, 2.75) is 57.2 Å². The second-order valence-electron chi connectivity index (χ2n) is 12.4. The van der Waals surface area contributed by atoms with Crippen molar-refractivity contribution in [1.29, 1.82) is 0 Å². The van der Waals surface area contributed by atoms with Gasteiger partial charge in [-0.15, -0.1) is 0 Å². The summed E-state index contributed by atoms with van der Waals surface area (Å²) in [5, 5.41) is 11.1. The third kappa shape index (κ3) is 5.45. The Morgan fingerprint density at radius 2 is 1.81 bits per heavy atom. The van der Waals surface area contributed by atoms with Gasteiger partial charge in [0.1, 0.15) is 5.75 Å². The van der Waals surface area contributed by atoms with Gasteiger partial charge in [-0.25, -0.2) is 0 Å². The second kappa shape index (κ2) is 12.2. The minimum atomic E-state index is -2.38. The van der Waals surface area contributed by atoms with E-state index < -0.39 is 19.8 Å². The van der Waals surface area contributed by atoms with E-state index in [1.54, 1.807) is 24.0 Å². The van der Waals surface area contributed by atoms with Crippen molar-refractivity contribution < 1.29 is 24.2 Å². The highest BCUT2D eigenvalue weighted by molar-refractivity contribution is 9.10. The number of halogens is 1. The fraction of sp³-hybridized carbons (Fsp3) is 0.412. The van der Waals surface area contributed by atoms with Crippen LogP contribution in [-0.4, -0.2) is 63.3 Å². The van der Waals surface area contributed by atoms with Crippen molar-refractivity contribution >= 4 is 46.7 Å². The van der Waals surface area contributed by atoms with E-state index in [0.29, 0.717) is 6.54 Å². The molecule has 0 aliphatic carbocycles. The van der Waals surface area contributed by atoms with E-state index in [4.69, 9.17) is 9.47 Å². The van der Waals surface area contributed by atoms with Gasteiger partial charge >= 0.3 is 0 Å². The first-order valence-electron chi connectivity index (χ1n) is 14.8. The van der Waals surface area contributed by atoms with Crippen molar-refractivity contribution in [3.05, 3.63) is 87.9 Å². The van der Waals surface area contributed by atoms with Crippen molar-refractivity contribution in [1.82, 2.24) is 4.90 Å². The topological polar surface area (TPSA) is 79.3 Å². The molecule has 4 atom stereocenters. The number of rotatable bonds is 9. The Bertz CT molecular complexity index is 1500. The summed E-state index contributed by atoms with van der Waals surface area (Å²) in [6.45, 7) is 9.24. The van der Waals surface area contributed by atoms with Gasteiger partial charge in [0.15, 0.2) is 5.60 Å². The molecule has 0 bridgehead atoms. The van der Waals surface area contributed by atoms with E-state index in [1.807, 2.05) is 55.5 Å². The molecule has 228 valence electrons. The van der Waals surface area contributed by atoms with Gasteiger partial charge < -0.3 is 24.4 Å². The Kier molecular flexibility index (Phi) is 8.91. The molecule has 9 heteroatoms. The number of likely N-dealkylation sites (N-methyl/N-ethyl adjacent to an activating group) is 1. The van der Waals surface area contributed by atoms with E-state index in [9.17, 15) is 14.7 Å². The maximum atomic E-state index is 14.3. The van der Waals surface area contributed by atoms with Crippen LogP contribution in [0, 0.1) is 12.8 Å². The SMILES string of the molecule is COc1ccc([Si](C)(C)[C@@H]2[C@@H](CC(=O)N(CCO)Cc3ccccc3)O[C@]3(C(=O)N(C)c4c(Br)cc(C)cc43)[C@H]2C)cc1. The number of benzene rings is 3. The number of hydrogen-bond donors (Lipinski definition) is 1. The van der Waals surface area contributed by atoms with Crippen LogP contribution >= 0.6 is 15.9 Å². The number of amides is 2. The second-order valence-corrected chi connectivity index (χ2v) is 17.9. The van der Waals surface area contributed by atoms with Gasteiger partial charge in [0.05, 0.1) is 40.0 Å². The molecule has 0 unspecified atom stereocenters. The van der Waals surface area contributed by atoms with Crippen LogP contribution in [0.15, 0.2) is 71.2 Å². The Morgan fingerprint density at radius 1 is 1.14 bits per heavy atom. The monoisotopic (exact) mass is 664 g/mol. The molecule has 0 saturated carbocycles. The third-order valence-corrected chi connectivity index (χ3v) is 14.4. The number of ether oxygens (including phenoxy) is 2. The zero-order valence-electron chi connectivity index (χ0n) is 25.8. The van der Waals surface area contributed by atoms with E-state index in [0.717, 1.165) is 32.6 Å². The van der Waals surface area contributed by atoms with E-state index in [1.165, 1.54) is 5.19 Å². The van der Waals surface area contributed by atoms with Crippen LogP contribution < -0.4 is 14.8 Å². The predicted molar refractivity (Wildman–Crippen MR) is 175 cm³/mol. The molecule has 2 heterocycles. The van der Waals surface area contributed by atoms with Gasteiger partial charge in [-0.1, -0.05) is 73.7 Å². The molecule has 1 fully saturated rings. The van der Waals surface area contributed by atoms with Gasteiger partial charge in [-0.05, 0) is 57.7 Å². The number of carbonyl (C=O) groups is 2. The minimum absolute atomic E-state index is 0.0554. The van der Waals surface area contributed by atoms with Gasteiger partial charge in [0.25, 0.3) is 5.91 Å². The molecule has 5 rings (SSSR count). The first-order chi connectivity index (χ1) is 20.4.